The van der Waals surface area contributed by atoms with E-state index in [0.717, 1.165) is 19.8 Å². The minimum absolute atomic E-state index is 0.683. The zero-order valence-corrected chi connectivity index (χ0v) is 9.85. The molecule has 0 amide bonds. The first kappa shape index (κ1) is 10.8. The second-order valence-corrected chi connectivity index (χ2v) is 4.72. The highest BCUT2D eigenvalue weighted by Crippen LogP contribution is 2.20. The number of thioether (sulfide) groups is 1. The third kappa shape index (κ3) is 3.14. The van der Waals surface area contributed by atoms with E-state index in [0.29, 0.717) is 5.92 Å². The second kappa shape index (κ2) is 5.42. The lowest BCUT2D eigenvalue weighted by Crippen LogP contribution is -2.13. The van der Waals surface area contributed by atoms with Crippen molar-refractivity contribution in [3.05, 3.63) is 24.3 Å². The molecule has 0 aliphatic carbocycles. The summed E-state index contributed by atoms with van der Waals surface area (Å²) < 4.78 is 5.35. The van der Waals surface area contributed by atoms with Gasteiger partial charge >= 0.3 is 0 Å². The molecule has 0 spiro atoms. The molecule has 15 heavy (non-hydrogen) atoms. The summed E-state index contributed by atoms with van der Waals surface area (Å²) in [5.41, 5.74) is 1.22. The molecular formula is C12H17NOS. The van der Waals surface area contributed by atoms with Crippen molar-refractivity contribution < 1.29 is 4.74 Å². The summed E-state index contributed by atoms with van der Waals surface area (Å²) in [6.45, 7) is 2.87. The van der Waals surface area contributed by atoms with Crippen LogP contribution in [-0.2, 0) is 4.74 Å². The van der Waals surface area contributed by atoms with Crippen molar-refractivity contribution in [1.82, 2.24) is 0 Å². The highest BCUT2D eigenvalue weighted by molar-refractivity contribution is 7.98. The molecule has 1 fully saturated rings. The quantitative estimate of drug-likeness (QED) is 0.793. The van der Waals surface area contributed by atoms with Gasteiger partial charge < -0.3 is 10.1 Å². The van der Waals surface area contributed by atoms with Crippen molar-refractivity contribution in [2.75, 3.05) is 31.3 Å². The fourth-order valence-corrected chi connectivity index (χ4v) is 2.20. The Morgan fingerprint density at radius 2 is 2.47 bits per heavy atom. The van der Waals surface area contributed by atoms with Gasteiger partial charge in [-0.15, -0.1) is 11.8 Å². The number of anilines is 1. The maximum Gasteiger partial charge on any atom is 0.0511 e. The zero-order valence-electron chi connectivity index (χ0n) is 9.03. The van der Waals surface area contributed by atoms with Crippen LogP contribution < -0.4 is 5.32 Å². The molecule has 1 unspecified atom stereocenters. The summed E-state index contributed by atoms with van der Waals surface area (Å²) in [6, 6.07) is 8.55. The van der Waals surface area contributed by atoms with E-state index in [4.69, 9.17) is 4.74 Å². The molecule has 2 rings (SSSR count). The Morgan fingerprint density at radius 3 is 3.20 bits per heavy atom. The van der Waals surface area contributed by atoms with E-state index in [1.54, 1.807) is 11.8 Å². The Morgan fingerprint density at radius 1 is 1.53 bits per heavy atom. The van der Waals surface area contributed by atoms with Crippen LogP contribution in [0.25, 0.3) is 0 Å². The Hall–Kier alpha value is -0.670. The minimum Gasteiger partial charge on any atom is -0.385 e. The van der Waals surface area contributed by atoms with Gasteiger partial charge in [-0.3, -0.25) is 0 Å². The summed E-state index contributed by atoms with van der Waals surface area (Å²) in [6.07, 6.45) is 3.29. The third-order valence-corrected chi connectivity index (χ3v) is 3.41. The number of rotatable bonds is 4. The topological polar surface area (TPSA) is 21.3 Å². The molecule has 0 saturated carbocycles. The number of hydrogen-bond acceptors (Lipinski definition) is 3. The van der Waals surface area contributed by atoms with Crippen LogP contribution in [0.4, 0.5) is 5.69 Å². The van der Waals surface area contributed by atoms with Gasteiger partial charge in [0.15, 0.2) is 0 Å². The molecule has 1 aliphatic heterocycles. The summed E-state index contributed by atoms with van der Waals surface area (Å²) >= 11 is 1.78. The Kier molecular flexibility index (Phi) is 3.92. The largest absolute Gasteiger partial charge is 0.385 e. The molecule has 0 radical (unpaired) electrons. The summed E-state index contributed by atoms with van der Waals surface area (Å²) in [5, 5.41) is 3.47. The van der Waals surface area contributed by atoms with Crippen LogP contribution in [0.2, 0.25) is 0 Å². The number of hydrogen-bond donors (Lipinski definition) is 1. The molecule has 1 N–H and O–H groups in total. The van der Waals surface area contributed by atoms with Crippen molar-refractivity contribution in [3.63, 3.8) is 0 Å². The maximum absolute atomic E-state index is 5.35. The minimum atomic E-state index is 0.683. The van der Waals surface area contributed by atoms with E-state index in [-0.39, 0.29) is 0 Å². The molecule has 1 aliphatic rings. The van der Waals surface area contributed by atoms with Crippen molar-refractivity contribution in [2.24, 2.45) is 5.92 Å². The summed E-state index contributed by atoms with van der Waals surface area (Å²) in [7, 11) is 0. The molecule has 2 nitrogen and oxygen atoms in total. The predicted molar refractivity (Wildman–Crippen MR) is 65.6 cm³/mol. The standard InChI is InChI=1S/C12H17NOS/c1-15-12-4-2-3-11(7-12)13-8-10-5-6-14-9-10/h2-4,7,10,13H,5-6,8-9H2,1H3. The molecule has 1 aromatic rings. The third-order valence-electron chi connectivity index (χ3n) is 2.69. The lowest BCUT2D eigenvalue weighted by atomic mass is 10.1. The molecule has 1 saturated heterocycles. The fraction of sp³-hybridized carbons (Fsp3) is 0.500. The van der Waals surface area contributed by atoms with Crippen LogP contribution in [-0.4, -0.2) is 26.0 Å². The molecule has 1 aromatic carbocycles. The van der Waals surface area contributed by atoms with Crippen LogP contribution >= 0.6 is 11.8 Å². The molecule has 3 heteroatoms. The first-order chi connectivity index (χ1) is 7.38. The number of nitrogens with one attached hydrogen (secondary N) is 1. The normalized spacial score (nSPS) is 20.5. The smallest absolute Gasteiger partial charge is 0.0511 e. The molecule has 1 heterocycles. The lowest BCUT2D eigenvalue weighted by molar-refractivity contribution is 0.187. The van der Waals surface area contributed by atoms with E-state index >= 15 is 0 Å². The molecule has 1 atom stereocenters. The molecule has 0 aromatic heterocycles. The van der Waals surface area contributed by atoms with Gasteiger partial charge in [0.2, 0.25) is 0 Å². The van der Waals surface area contributed by atoms with Crippen LogP contribution in [0.5, 0.6) is 0 Å². The van der Waals surface area contributed by atoms with Crippen LogP contribution in [0.15, 0.2) is 29.2 Å². The van der Waals surface area contributed by atoms with Crippen LogP contribution in [0.3, 0.4) is 0 Å². The van der Waals surface area contributed by atoms with Crippen LogP contribution in [0.1, 0.15) is 6.42 Å². The van der Waals surface area contributed by atoms with E-state index < -0.39 is 0 Å². The number of benzene rings is 1. The van der Waals surface area contributed by atoms with Crippen LogP contribution in [0, 0.1) is 5.92 Å². The summed E-state index contributed by atoms with van der Waals surface area (Å²) in [4.78, 5) is 1.31. The molecule has 82 valence electrons. The van der Waals surface area contributed by atoms with Crippen molar-refractivity contribution >= 4 is 17.4 Å². The van der Waals surface area contributed by atoms with E-state index in [1.165, 1.54) is 17.0 Å². The average Bonchev–Trinajstić information content (AvgIpc) is 2.79. The SMILES string of the molecule is CSc1cccc(NCC2CCOC2)c1. The molecule has 0 bridgehead atoms. The van der Waals surface area contributed by atoms with Gasteiger partial charge in [0.05, 0.1) is 6.61 Å². The average molecular weight is 223 g/mol. The van der Waals surface area contributed by atoms with Gasteiger partial charge in [0.1, 0.15) is 0 Å². The van der Waals surface area contributed by atoms with Crippen molar-refractivity contribution in [3.8, 4) is 0 Å². The highest BCUT2D eigenvalue weighted by atomic mass is 32.2. The first-order valence-corrected chi connectivity index (χ1v) is 6.56. The lowest BCUT2D eigenvalue weighted by Gasteiger charge is -2.11. The van der Waals surface area contributed by atoms with Gasteiger partial charge in [-0.25, -0.2) is 0 Å². The summed E-state index contributed by atoms with van der Waals surface area (Å²) in [5.74, 6) is 0.683. The van der Waals surface area contributed by atoms with Gasteiger partial charge in [-0.05, 0) is 30.9 Å². The molecular weight excluding hydrogens is 206 g/mol. The van der Waals surface area contributed by atoms with Gasteiger partial charge in [-0.2, -0.15) is 0 Å². The predicted octanol–water partition coefficient (Wildman–Crippen LogP) is 2.86. The maximum atomic E-state index is 5.35. The van der Waals surface area contributed by atoms with E-state index in [9.17, 15) is 0 Å². The van der Waals surface area contributed by atoms with Crippen molar-refractivity contribution in [2.45, 2.75) is 11.3 Å². The van der Waals surface area contributed by atoms with Gasteiger partial charge in [0.25, 0.3) is 0 Å². The van der Waals surface area contributed by atoms with Gasteiger partial charge in [0, 0.05) is 29.7 Å². The zero-order chi connectivity index (χ0) is 10.5. The Labute approximate surface area is 95.4 Å². The number of ether oxygens (including phenoxy) is 1. The Bertz CT molecular complexity index is 310. The Balaban J connectivity index is 1.86. The second-order valence-electron chi connectivity index (χ2n) is 3.84. The highest BCUT2D eigenvalue weighted by Gasteiger charge is 2.14. The van der Waals surface area contributed by atoms with E-state index in [1.807, 2.05) is 0 Å². The van der Waals surface area contributed by atoms with Gasteiger partial charge in [-0.1, -0.05) is 6.07 Å². The van der Waals surface area contributed by atoms with Crippen molar-refractivity contribution in [1.29, 1.82) is 0 Å². The van der Waals surface area contributed by atoms with E-state index in [2.05, 4.69) is 35.8 Å². The monoisotopic (exact) mass is 223 g/mol. The first-order valence-electron chi connectivity index (χ1n) is 5.34. The fourth-order valence-electron chi connectivity index (χ4n) is 1.74.